The number of aromatic nitrogens is 4. The fraction of sp³-hybridized carbons (Fsp3) is 0.476. The summed E-state index contributed by atoms with van der Waals surface area (Å²) in [6.45, 7) is 4.23. The number of nitrogens with two attached hydrogens (primary N) is 2. The maximum atomic E-state index is 6.38. The summed E-state index contributed by atoms with van der Waals surface area (Å²) < 4.78 is 2.07. The van der Waals surface area contributed by atoms with E-state index in [1.165, 1.54) is 12.8 Å². The van der Waals surface area contributed by atoms with Gasteiger partial charge < -0.3 is 21.4 Å². The highest BCUT2D eigenvalue weighted by Crippen LogP contribution is 2.30. The van der Waals surface area contributed by atoms with E-state index in [1.807, 2.05) is 18.5 Å². The highest BCUT2D eigenvalue weighted by atomic mass is 35.5. The Balaban J connectivity index is 1.75. The predicted octanol–water partition coefficient (Wildman–Crippen LogP) is 4.45. The summed E-state index contributed by atoms with van der Waals surface area (Å²) in [5.74, 6) is 1.86. The molecular formula is C21H28ClN7. The molecule has 1 fully saturated rings. The number of nitrogens with zero attached hydrogens (tertiary/aromatic N) is 4. The largest absolute Gasteiger partial charge is 0.399 e. The lowest BCUT2D eigenvalue weighted by Gasteiger charge is -2.28. The van der Waals surface area contributed by atoms with Gasteiger partial charge in [-0.1, -0.05) is 24.4 Å². The molecule has 0 bridgehead atoms. The van der Waals surface area contributed by atoms with Crippen LogP contribution in [0.5, 0.6) is 0 Å². The number of fused-ring (bicyclic) bond motifs is 1. The number of halogens is 1. The van der Waals surface area contributed by atoms with Crippen molar-refractivity contribution in [1.29, 1.82) is 0 Å². The molecule has 2 heterocycles. The van der Waals surface area contributed by atoms with E-state index >= 15 is 0 Å². The zero-order chi connectivity index (χ0) is 20.5. The van der Waals surface area contributed by atoms with Gasteiger partial charge in [-0.2, -0.15) is 0 Å². The first kappa shape index (κ1) is 19.9. The van der Waals surface area contributed by atoms with E-state index < -0.39 is 0 Å². The molecule has 0 aliphatic heterocycles. The zero-order valence-corrected chi connectivity index (χ0v) is 17.7. The second kappa shape index (κ2) is 8.16. The molecule has 1 aromatic carbocycles. The smallest absolute Gasteiger partial charge is 0.166 e. The van der Waals surface area contributed by atoms with Crippen LogP contribution in [0.4, 0.5) is 17.2 Å². The molecule has 7 nitrogen and oxygen atoms in total. The molecule has 0 amide bonds. The van der Waals surface area contributed by atoms with Gasteiger partial charge in [0.15, 0.2) is 17.0 Å². The SMILES string of the molecule is CC(C)n1cnc2c(Nc3cc(N)cc(Cl)c3)nc(CC3CCCCC3N)nc21. The molecule has 0 saturated heterocycles. The van der Waals surface area contributed by atoms with Crippen molar-refractivity contribution in [3.05, 3.63) is 35.4 Å². The lowest BCUT2D eigenvalue weighted by molar-refractivity contribution is 0.302. The summed E-state index contributed by atoms with van der Waals surface area (Å²) >= 11 is 6.17. The molecule has 1 aliphatic rings. The van der Waals surface area contributed by atoms with Crippen molar-refractivity contribution in [2.45, 2.75) is 58.0 Å². The van der Waals surface area contributed by atoms with Gasteiger partial charge in [0.1, 0.15) is 5.82 Å². The topological polar surface area (TPSA) is 108 Å². The predicted molar refractivity (Wildman–Crippen MR) is 118 cm³/mol. The van der Waals surface area contributed by atoms with E-state index in [-0.39, 0.29) is 12.1 Å². The number of anilines is 3. The van der Waals surface area contributed by atoms with Crippen LogP contribution >= 0.6 is 11.6 Å². The normalized spacial score (nSPS) is 19.8. The van der Waals surface area contributed by atoms with Crippen molar-refractivity contribution < 1.29 is 0 Å². The molecule has 29 heavy (non-hydrogen) atoms. The van der Waals surface area contributed by atoms with Crippen LogP contribution in [0.3, 0.4) is 0 Å². The van der Waals surface area contributed by atoms with Gasteiger partial charge in [0.25, 0.3) is 0 Å². The molecule has 8 heteroatoms. The summed E-state index contributed by atoms with van der Waals surface area (Å²) in [5.41, 5.74) is 15.2. The van der Waals surface area contributed by atoms with E-state index in [1.54, 1.807) is 6.07 Å². The van der Waals surface area contributed by atoms with E-state index in [0.717, 1.165) is 41.9 Å². The highest BCUT2D eigenvalue weighted by Gasteiger charge is 2.24. The van der Waals surface area contributed by atoms with Crippen molar-refractivity contribution in [3.8, 4) is 0 Å². The van der Waals surface area contributed by atoms with Crippen molar-refractivity contribution in [2.24, 2.45) is 11.7 Å². The van der Waals surface area contributed by atoms with Crippen LogP contribution in [-0.4, -0.2) is 25.6 Å². The minimum Gasteiger partial charge on any atom is -0.399 e. The Morgan fingerprint density at radius 3 is 2.72 bits per heavy atom. The first-order valence-electron chi connectivity index (χ1n) is 10.2. The number of nitrogens with one attached hydrogen (secondary N) is 1. The molecule has 0 spiro atoms. The monoisotopic (exact) mass is 413 g/mol. The molecular weight excluding hydrogens is 386 g/mol. The number of nitrogen functional groups attached to an aromatic ring is 1. The third-order valence-electron chi connectivity index (χ3n) is 5.62. The average molecular weight is 414 g/mol. The van der Waals surface area contributed by atoms with Gasteiger partial charge in [-0.25, -0.2) is 15.0 Å². The number of hydrogen-bond donors (Lipinski definition) is 3. The van der Waals surface area contributed by atoms with Gasteiger partial charge in [0, 0.05) is 34.9 Å². The van der Waals surface area contributed by atoms with Crippen LogP contribution < -0.4 is 16.8 Å². The maximum Gasteiger partial charge on any atom is 0.166 e. The third-order valence-corrected chi connectivity index (χ3v) is 5.84. The number of benzene rings is 1. The summed E-state index contributed by atoms with van der Waals surface area (Å²) in [4.78, 5) is 14.3. The summed E-state index contributed by atoms with van der Waals surface area (Å²) in [6, 6.07) is 5.82. The number of rotatable bonds is 5. The van der Waals surface area contributed by atoms with Gasteiger partial charge in [-0.15, -0.1) is 0 Å². The molecule has 1 saturated carbocycles. The van der Waals surface area contributed by atoms with E-state index in [4.69, 9.17) is 33.0 Å². The average Bonchev–Trinajstić information content (AvgIpc) is 3.07. The molecule has 0 radical (unpaired) electrons. The van der Waals surface area contributed by atoms with E-state index in [0.29, 0.717) is 22.4 Å². The lowest BCUT2D eigenvalue weighted by atomic mass is 9.83. The highest BCUT2D eigenvalue weighted by molar-refractivity contribution is 6.31. The van der Waals surface area contributed by atoms with Gasteiger partial charge in [-0.3, -0.25) is 0 Å². The second-order valence-electron chi connectivity index (χ2n) is 8.22. The Bertz CT molecular complexity index is 993. The Morgan fingerprint density at radius 1 is 1.21 bits per heavy atom. The lowest BCUT2D eigenvalue weighted by Crippen LogP contribution is -2.34. The Kier molecular flexibility index (Phi) is 5.61. The Morgan fingerprint density at radius 2 is 2.00 bits per heavy atom. The zero-order valence-electron chi connectivity index (χ0n) is 16.9. The second-order valence-corrected chi connectivity index (χ2v) is 8.65. The van der Waals surface area contributed by atoms with Crippen LogP contribution in [0.2, 0.25) is 5.02 Å². The first-order chi connectivity index (χ1) is 13.9. The fourth-order valence-corrected chi connectivity index (χ4v) is 4.31. The van der Waals surface area contributed by atoms with Crippen molar-refractivity contribution in [1.82, 2.24) is 19.5 Å². The van der Waals surface area contributed by atoms with Crippen LogP contribution in [0.15, 0.2) is 24.5 Å². The van der Waals surface area contributed by atoms with Crippen molar-refractivity contribution >= 4 is 40.0 Å². The molecule has 3 aromatic rings. The molecule has 2 atom stereocenters. The quantitative estimate of drug-likeness (QED) is 0.533. The summed E-state index contributed by atoms with van der Waals surface area (Å²) in [5, 5.41) is 3.92. The van der Waals surface area contributed by atoms with Crippen molar-refractivity contribution in [3.63, 3.8) is 0 Å². The molecule has 1 aliphatic carbocycles. The van der Waals surface area contributed by atoms with Crippen LogP contribution in [0.1, 0.15) is 51.4 Å². The Hall–Kier alpha value is -2.38. The number of imidazole rings is 1. The maximum absolute atomic E-state index is 6.38. The molecule has 2 unspecified atom stereocenters. The standard InChI is InChI=1S/C21H28ClN7/c1-12(2)29-11-25-19-20(26-16-9-14(22)8-15(23)10-16)27-18(28-21(19)29)7-13-5-3-4-6-17(13)24/h8-13,17H,3-7,23-24H2,1-2H3,(H,26,27,28). The van der Waals surface area contributed by atoms with Gasteiger partial charge in [0.2, 0.25) is 0 Å². The molecule has 4 rings (SSSR count). The van der Waals surface area contributed by atoms with E-state index in [9.17, 15) is 0 Å². The van der Waals surface area contributed by atoms with Crippen LogP contribution in [0.25, 0.3) is 11.2 Å². The fourth-order valence-electron chi connectivity index (χ4n) is 4.06. The first-order valence-corrected chi connectivity index (χ1v) is 10.6. The Labute approximate surface area is 175 Å². The van der Waals surface area contributed by atoms with Crippen LogP contribution in [-0.2, 0) is 6.42 Å². The minimum atomic E-state index is 0.210. The number of hydrogen-bond acceptors (Lipinski definition) is 6. The molecule has 5 N–H and O–H groups in total. The minimum absolute atomic E-state index is 0.210. The van der Waals surface area contributed by atoms with Gasteiger partial charge in [0.05, 0.1) is 6.33 Å². The van der Waals surface area contributed by atoms with Crippen molar-refractivity contribution in [2.75, 3.05) is 11.1 Å². The third kappa shape index (κ3) is 4.31. The summed E-state index contributed by atoms with van der Waals surface area (Å²) in [6.07, 6.45) is 7.21. The van der Waals surface area contributed by atoms with Crippen LogP contribution in [0, 0.1) is 5.92 Å². The van der Waals surface area contributed by atoms with E-state index in [2.05, 4.69) is 28.7 Å². The molecule has 154 valence electrons. The summed E-state index contributed by atoms with van der Waals surface area (Å²) in [7, 11) is 0. The van der Waals surface area contributed by atoms with Gasteiger partial charge in [-0.05, 0) is 50.8 Å². The molecule has 2 aromatic heterocycles. The van der Waals surface area contributed by atoms with Gasteiger partial charge >= 0.3 is 0 Å².